The molecule has 0 saturated carbocycles. The van der Waals surface area contributed by atoms with Crippen LogP contribution in [-0.4, -0.2) is 41.0 Å². The van der Waals surface area contributed by atoms with Gasteiger partial charge in [-0.3, -0.25) is 15.0 Å². The second-order valence-corrected chi connectivity index (χ2v) is 7.54. The summed E-state index contributed by atoms with van der Waals surface area (Å²) in [5.41, 5.74) is 6.94. The number of carbonyl (C=O) groups is 2. The first-order valence-corrected chi connectivity index (χ1v) is 11.1. The monoisotopic (exact) mass is 439 g/mol. The quantitative estimate of drug-likeness (QED) is 0.314. The molecule has 7 nitrogen and oxygen atoms in total. The summed E-state index contributed by atoms with van der Waals surface area (Å²) in [4.78, 5) is 22.5. The first-order chi connectivity index (χ1) is 15.3. The van der Waals surface area contributed by atoms with Crippen molar-refractivity contribution in [2.45, 2.75) is 53.4 Å². The number of carboxylic acids is 2. The molecule has 172 valence electrons. The average Bonchev–Trinajstić information content (AvgIpc) is 2.78. The van der Waals surface area contributed by atoms with Gasteiger partial charge in [0.1, 0.15) is 13.1 Å². The van der Waals surface area contributed by atoms with Crippen molar-refractivity contribution in [3.8, 4) is 0 Å². The molecule has 2 aromatic carbocycles. The molecular weight excluding hydrogens is 406 g/mol. The van der Waals surface area contributed by atoms with E-state index in [1.807, 2.05) is 52.0 Å². The van der Waals surface area contributed by atoms with Crippen molar-refractivity contribution in [2.24, 2.45) is 0 Å². The highest BCUT2D eigenvalue weighted by molar-refractivity contribution is 6.17. The fourth-order valence-electron chi connectivity index (χ4n) is 4.15. The maximum absolute atomic E-state index is 11.3. The molecule has 0 aliphatic heterocycles. The normalized spacial score (nSPS) is 10.6. The molecule has 5 N–H and O–H groups in total. The van der Waals surface area contributed by atoms with Crippen LogP contribution in [0.4, 0.5) is 11.4 Å². The van der Waals surface area contributed by atoms with Gasteiger partial charge in [0, 0.05) is 22.5 Å². The summed E-state index contributed by atoms with van der Waals surface area (Å²) in [6, 6.07) is 7.68. The highest BCUT2D eigenvalue weighted by atomic mass is 16.4. The van der Waals surface area contributed by atoms with Crippen molar-refractivity contribution in [1.82, 2.24) is 0 Å². The lowest BCUT2D eigenvalue weighted by Crippen LogP contribution is -2.20. The van der Waals surface area contributed by atoms with Crippen LogP contribution in [0.3, 0.4) is 0 Å². The second-order valence-electron chi connectivity index (χ2n) is 7.54. The molecule has 0 spiro atoms. The predicted octanol–water partition coefficient (Wildman–Crippen LogP) is 4.35. The summed E-state index contributed by atoms with van der Waals surface area (Å²) in [5.74, 6) is -1.95. The molecule has 0 radical (unpaired) electrons. The zero-order valence-corrected chi connectivity index (χ0v) is 19.3. The third-order valence-electron chi connectivity index (χ3n) is 5.66. The summed E-state index contributed by atoms with van der Waals surface area (Å²) in [6.45, 7) is 7.62. The number of carboxylic acid groups (broad SMARTS) is 2. The van der Waals surface area contributed by atoms with Gasteiger partial charge in [-0.25, -0.2) is 0 Å². The van der Waals surface area contributed by atoms with E-state index in [4.69, 9.17) is 5.41 Å². The van der Waals surface area contributed by atoms with Crippen LogP contribution < -0.4 is 10.6 Å². The molecular formula is C25H33N3O4. The molecule has 0 atom stereocenters. The lowest BCUT2D eigenvalue weighted by molar-refractivity contribution is -0.135. The molecule has 0 aliphatic carbocycles. The molecule has 0 saturated heterocycles. The Balaban J connectivity index is 2.70. The fourth-order valence-corrected chi connectivity index (χ4v) is 4.15. The Hall–Kier alpha value is -3.35. The van der Waals surface area contributed by atoms with Crippen molar-refractivity contribution < 1.29 is 19.8 Å². The van der Waals surface area contributed by atoms with Gasteiger partial charge in [0.15, 0.2) is 0 Å². The van der Waals surface area contributed by atoms with Crippen LogP contribution in [0.5, 0.6) is 0 Å². The number of aryl methyl sites for hydroxylation is 2. The van der Waals surface area contributed by atoms with Crippen LogP contribution in [0.25, 0.3) is 0 Å². The molecule has 2 aromatic rings. The van der Waals surface area contributed by atoms with Gasteiger partial charge in [-0.2, -0.15) is 0 Å². The van der Waals surface area contributed by atoms with Crippen LogP contribution in [0.2, 0.25) is 0 Å². The third-order valence-corrected chi connectivity index (χ3v) is 5.66. The largest absolute Gasteiger partial charge is 0.480 e. The zero-order valence-electron chi connectivity index (χ0n) is 19.3. The van der Waals surface area contributed by atoms with Crippen molar-refractivity contribution in [3.63, 3.8) is 0 Å². The van der Waals surface area contributed by atoms with Gasteiger partial charge in [0.25, 0.3) is 0 Å². The Morgan fingerprint density at radius 2 is 1.09 bits per heavy atom. The average molecular weight is 440 g/mol. The van der Waals surface area contributed by atoms with Crippen LogP contribution in [0, 0.1) is 5.41 Å². The minimum Gasteiger partial charge on any atom is -0.480 e. The Bertz CT molecular complexity index is 935. The Labute approximate surface area is 189 Å². The van der Waals surface area contributed by atoms with Gasteiger partial charge in [-0.15, -0.1) is 0 Å². The van der Waals surface area contributed by atoms with Gasteiger partial charge in [0.2, 0.25) is 0 Å². The molecule has 0 amide bonds. The predicted molar refractivity (Wildman–Crippen MR) is 129 cm³/mol. The van der Waals surface area contributed by atoms with Crippen molar-refractivity contribution >= 4 is 29.0 Å². The highest BCUT2D eigenvalue weighted by Crippen LogP contribution is 2.33. The lowest BCUT2D eigenvalue weighted by Gasteiger charge is -2.22. The van der Waals surface area contributed by atoms with E-state index in [2.05, 4.69) is 10.6 Å². The number of benzene rings is 2. The topological polar surface area (TPSA) is 123 Å². The molecule has 2 rings (SSSR count). The van der Waals surface area contributed by atoms with Gasteiger partial charge in [-0.1, -0.05) is 52.0 Å². The summed E-state index contributed by atoms with van der Waals surface area (Å²) in [6.07, 6.45) is 3.00. The number of hydrogen-bond acceptors (Lipinski definition) is 5. The number of rotatable bonds is 12. The van der Waals surface area contributed by atoms with Crippen molar-refractivity contribution in [3.05, 3.63) is 57.6 Å². The summed E-state index contributed by atoms with van der Waals surface area (Å²) < 4.78 is 0. The first-order valence-electron chi connectivity index (χ1n) is 11.1. The van der Waals surface area contributed by atoms with E-state index in [1.54, 1.807) is 0 Å². The van der Waals surface area contributed by atoms with Gasteiger partial charge < -0.3 is 20.8 Å². The Morgan fingerprint density at radius 1 is 0.719 bits per heavy atom. The molecule has 0 aromatic heterocycles. The smallest absolute Gasteiger partial charge is 0.322 e. The van der Waals surface area contributed by atoms with Crippen LogP contribution in [-0.2, 0) is 35.3 Å². The van der Waals surface area contributed by atoms with Crippen LogP contribution in [0.15, 0.2) is 24.3 Å². The molecule has 7 heteroatoms. The summed E-state index contributed by atoms with van der Waals surface area (Å²) >= 11 is 0. The zero-order chi connectivity index (χ0) is 23.8. The molecule has 0 unspecified atom stereocenters. The first kappa shape index (κ1) is 24.9. The van der Waals surface area contributed by atoms with E-state index in [0.29, 0.717) is 35.3 Å². The molecule has 32 heavy (non-hydrogen) atoms. The SMILES string of the molecule is CCc1ccc(C(=N)c2ccc(CC)c(CC)c2NCC(=O)O)c(NCC(=O)O)c1CC. The van der Waals surface area contributed by atoms with E-state index in [-0.39, 0.29) is 18.8 Å². The number of nitrogens with one attached hydrogen (secondary N) is 3. The fraction of sp³-hybridized carbons (Fsp3) is 0.400. The van der Waals surface area contributed by atoms with Crippen molar-refractivity contribution in [2.75, 3.05) is 23.7 Å². The van der Waals surface area contributed by atoms with E-state index in [0.717, 1.165) is 35.1 Å². The van der Waals surface area contributed by atoms with E-state index in [9.17, 15) is 19.8 Å². The highest BCUT2D eigenvalue weighted by Gasteiger charge is 2.21. The molecule has 0 aliphatic rings. The molecule has 0 fully saturated rings. The van der Waals surface area contributed by atoms with Gasteiger partial charge in [0.05, 0.1) is 5.71 Å². The van der Waals surface area contributed by atoms with Gasteiger partial charge in [-0.05, 0) is 47.9 Å². The van der Waals surface area contributed by atoms with Crippen LogP contribution in [0.1, 0.15) is 61.1 Å². The van der Waals surface area contributed by atoms with E-state index >= 15 is 0 Å². The standard InChI is InChI=1S/C25H33N3O4/c1-5-15-9-11-19(24(17(15)7-3)27-13-21(29)30)23(26)20-12-10-16(6-2)18(8-4)25(20)28-14-22(31)32/h9-12,26-28H,5-8,13-14H2,1-4H3,(H,29,30)(H,31,32). The molecule has 0 heterocycles. The van der Waals surface area contributed by atoms with E-state index < -0.39 is 11.9 Å². The minimum atomic E-state index is -0.976. The number of aliphatic carboxylic acids is 2. The third kappa shape index (κ3) is 5.46. The molecule has 0 bridgehead atoms. The number of anilines is 2. The van der Waals surface area contributed by atoms with Gasteiger partial charge >= 0.3 is 11.9 Å². The lowest BCUT2D eigenvalue weighted by atomic mass is 9.89. The minimum absolute atomic E-state index is 0.223. The Kier molecular flexibility index (Phi) is 8.81. The summed E-state index contributed by atoms with van der Waals surface area (Å²) in [7, 11) is 0. The number of hydrogen-bond donors (Lipinski definition) is 5. The second kappa shape index (κ2) is 11.3. The summed E-state index contributed by atoms with van der Waals surface area (Å²) in [5, 5.41) is 33.5. The maximum Gasteiger partial charge on any atom is 0.322 e. The van der Waals surface area contributed by atoms with E-state index in [1.165, 1.54) is 0 Å². The van der Waals surface area contributed by atoms with Crippen molar-refractivity contribution in [1.29, 1.82) is 5.41 Å². The van der Waals surface area contributed by atoms with Crippen LogP contribution >= 0.6 is 0 Å². The maximum atomic E-state index is 11.3. The Morgan fingerprint density at radius 3 is 1.38 bits per heavy atom.